The summed E-state index contributed by atoms with van der Waals surface area (Å²) in [4.78, 5) is 42.7. The Bertz CT molecular complexity index is 1090. The molecule has 9 nitrogen and oxygen atoms in total. The van der Waals surface area contributed by atoms with E-state index < -0.39 is 6.04 Å². The largest absolute Gasteiger partial charge is 0.497 e. The first-order valence-electron chi connectivity index (χ1n) is 12.6. The van der Waals surface area contributed by atoms with Crippen molar-refractivity contribution >= 4 is 23.7 Å². The number of nitrogens with zero attached hydrogens (tertiary/aromatic N) is 2. The number of ether oxygens (including phenoxy) is 2. The number of anilines is 1. The average Bonchev–Trinajstić information content (AvgIpc) is 3.15. The minimum atomic E-state index is -0.976. The number of hydrogen-bond donors (Lipinski definition) is 2. The van der Waals surface area contributed by atoms with Crippen molar-refractivity contribution in [2.45, 2.75) is 57.5 Å². The molecule has 1 aliphatic rings. The van der Waals surface area contributed by atoms with Crippen molar-refractivity contribution in [3.8, 4) is 11.5 Å². The molecule has 0 saturated carbocycles. The molecule has 1 aromatic heterocycles. The summed E-state index contributed by atoms with van der Waals surface area (Å²) in [6, 6.07) is 7.94. The van der Waals surface area contributed by atoms with Crippen molar-refractivity contribution in [2.24, 2.45) is 5.73 Å². The van der Waals surface area contributed by atoms with E-state index in [1.807, 2.05) is 17.0 Å². The van der Waals surface area contributed by atoms with Gasteiger partial charge in [-0.1, -0.05) is 18.9 Å². The number of aldehydes is 1. The molecule has 0 aliphatic carbocycles. The van der Waals surface area contributed by atoms with Crippen LogP contribution in [0.2, 0.25) is 0 Å². The second-order valence-electron chi connectivity index (χ2n) is 9.07. The first kappa shape index (κ1) is 27.7. The van der Waals surface area contributed by atoms with E-state index in [2.05, 4.69) is 10.3 Å². The number of ketones is 1. The van der Waals surface area contributed by atoms with Crippen LogP contribution in [-0.2, 0) is 14.4 Å². The average molecular weight is 509 g/mol. The number of nitrogens with two attached hydrogens (primary N) is 1. The maximum atomic E-state index is 14.1. The Morgan fingerprint density at radius 2 is 2.05 bits per heavy atom. The molecule has 1 aliphatic heterocycles. The predicted molar refractivity (Wildman–Crippen MR) is 141 cm³/mol. The zero-order valence-corrected chi connectivity index (χ0v) is 21.5. The monoisotopic (exact) mass is 508 g/mol. The van der Waals surface area contributed by atoms with Gasteiger partial charge in [-0.15, -0.1) is 0 Å². The summed E-state index contributed by atoms with van der Waals surface area (Å²) in [6.07, 6.45) is 10.4. The molecule has 0 spiro atoms. The van der Waals surface area contributed by atoms with E-state index in [9.17, 15) is 14.4 Å². The van der Waals surface area contributed by atoms with Gasteiger partial charge in [0, 0.05) is 61.0 Å². The van der Waals surface area contributed by atoms with Crippen molar-refractivity contribution in [2.75, 3.05) is 25.6 Å². The number of carbonyl (C=O) groups is 3. The van der Waals surface area contributed by atoms with E-state index in [0.29, 0.717) is 43.2 Å². The molecule has 1 fully saturated rings. The summed E-state index contributed by atoms with van der Waals surface area (Å²) in [7, 11) is 1.54. The molecule has 2 aromatic rings. The van der Waals surface area contributed by atoms with Gasteiger partial charge < -0.3 is 30.2 Å². The SMILES string of the molecule is COc1cc(NC(C(=O)N2CCCCCC2c2cccnc2)C(N)=CC(C)=O)cc(OCCCC=O)c1. The number of aromatic nitrogens is 1. The second-order valence-corrected chi connectivity index (χ2v) is 9.07. The maximum Gasteiger partial charge on any atom is 0.251 e. The van der Waals surface area contributed by atoms with Gasteiger partial charge in [0.2, 0.25) is 0 Å². The lowest BCUT2D eigenvalue weighted by Gasteiger charge is -2.34. The van der Waals surface area contributed by atoms with Crippen LogP contribution in [-0.4, -0.2) is 54.2 Å². The van der Waals surface area contributed by atoms with Gasteiger partial charge in [-0.3, -0.25) is 14.6 Å². The van der Waals surface area contributed by atoms with Crippen molar-refractivity contribution in [1.29, 1.82) is 0 Å². The van der Waals surface area contributed by atoms with Gasteiger partial charge in [0.05, 0.1) is 19.8 Å². The molecule has 1 saturated heterocycles. The van der Waals surface area contributed by atoms with Gasteiger partial charge in [0.15, 0.2) is 5.78 Å². The third-order valence-corrected chi connectivity index (χ3v) is 6.22. The van der Waals surface area contributed by atoms with Crippen LogP contribution >= 0.6 is 0 Å². The van der Waals surface area contributed by atoms with Crippen LogP contribution in [0.5, 0.6) is 11.5 Å². The van der Waals surface area contributed by atoms with Gasteiger partial charge in [0.25, 0.3) is 5.91 Å². The second kappa shape index (κ2) is 14.0. The lowest BCUT2D eigenvalue weighted by Crippen LogP contribution is -2.47. The molecular formula is C28H36N4O5. The molecule has 3 N–H and O–H groups in total. The summed E-state index contributed by atoms with van der Waals surface area (Å²) < 4.78 is 11.2. The van der Waals surface area contributed by atoms with Crippen LogP contribution in [0.4, 0.5) is 5.69 Å². The Labute approximate surface area is 218 Å². The number of hydrogen-bond acceptors (Lipinski definition) is 8. The van der Waals surface area contributed by atoms with Crippen LogP contribution in [0, 0.1) is 0 Å². The number of benzene rings is 1. The van der Waals surface area contributed by atoms with E-state index in [4.69, 9.17) is 15.2 Å². The number of carbonyl (C=O) groups excluding carboxylic acids is 3. The number of pyridine rings is 1. The molecule has 3 rings (SSSR count). The number of amides is 1. The fourth-order valence-electron chi connectivity index (χ4n) is 4.44. The number of rotatable bonds is 12. The molecule has 2 unspecified atom stereocenters. The topological polar surface area (TPSA) is 124 Å². The molecule has 1 amide bonds. The molecule has 9 heteroatoms. The molecule has 198 valence electrons. The molecule has 37 heavy (non-hydrogen) atoms. The highest BCUT2D eigenvalue weighted by Gasteiger charge is 2.33. The van der Waals surface area contributed by atoms with Crippen LogP contribution in [0.15, 0.2) is 54.5 Å². The van der Waals surface area contributed by atoms with Crippen LogP contribution in [0.25, 0.3) is 0 Å². The molecule has 0 bridgehead atoms. The molecule has 2 heterocycles. The van der Waals surface area contributed by atoms with E-state index >= 15 is 0 Å². The highest BCUT2D eigenvalue weighted by Crippen LogP contribution is 2.32. The summed E-state index contributed by atoms with van der Waals surface area (Å²) in [5.41, 5.74) is 7.99. The van der Waals surface area contributed by atoms with Crippen molar-refractivity contribution in [3.05, 3.63) is 60.1 Å². The third-order valence-electron chi connectivity index (χ3n) is 6.22. The number of allylic oxidation sites excluding steroid dienone is 1. The Morgan fingerprint density at radius 1 is 1.24 bits per heavy atom. The Morgan fingerprint density at radius 3 is 2.76 bits per heavy atom. The fourth-order valence-corrected chi connectivity index (χ4v) is 4.44. The number of methoxy groups -OCH3 is 1. The molecule has 1 aromatic carbocycles. The van der Waals surface area contributed by atoms with Crippen molar-refractivity contribution in [3.63, 3.8) is 0 Å². The van der Waals surface area contributed by atoms with Crippen molar-refractivity contribution < 1.29 is 23.9 Å². The van der Waals surface area contributed by atoms with Gasteiger partial charge in [-0.25, -0.2) is 0 Å². The summed E-state index contributed by atoms with van der Waals surface area (Å²) >= 11 is 0. The Kier molecular flexibility index (Phi) is 10.5. The van der Waals surface area contributed by atoms with E-state index in [1.165, 1.54) is 20.1 Å². The number of unbranched alkanes of at least 4 members (excludes halogenated alkanes) is 1. The Hall–Kier alpha value is -3.88. The van der Waals surface area contributed by atoms with Crippen LogP contribution in [0.3, 0.4) is 0 Å². The first-order chi connectivity index (χ1) is 17.9. The predicted octanol–water partition coefficient (Wildman–Crippen LogP) is 3.80. The van der Waals surface area contributed by atoms with Crippen molar-refractivity contribution in [1.82, 2.24) is 9.88 Å². The lowest BCUT2D eigenvalue weighted by molar-refractivity contribution is -0.133. The van der Waals surface area contributed by atoms with Gasteiger partial charge >= 0.3 is 0 Å². The Balaban J connectivity index is 1.93. The maximum absolute atomic E-state index is 14.1. The van der Waals surface area contributed by atoms with E-state index in [0.717, 1.165) is 37.5 Å². The highest BCUT2D eigenvalue weighted by atomic mass is 16.5. The smallest absolute Gasteiger partial charge is 0.251 e. The summed E-state index contributed by atoms with van der Waals surface area (Å²) in [5.74, 6) is 0.582. The number of likely N-dealkylation sites (tertiary alicyclic amines) is 1. The number of nitrogens with one attached hydrogen (secondary N) is 1. The van der Waals surface area contributed by atoms with Gasteiger partial charge in [-0.2, -0.15) is 0 Å². The van der Waals surface area contributed by atoms with Crippen LogP contribution in [0.1, 0.15) is 57.1 Å². The normalized spacial score (nSPS) is 16.9. The summed E-state index contributed by atoms with van der Waals surface area (Å²) in [5, 5.41) is 3.22. The lowest BCUT2D eigenvalue weighted by atomic mass is 10.0. The van der Waals surface area contributed by atoms with E-state index in [-0.39, 0.29) is 23.4 Å². The first-order valence-corrected chi connectivity index (χ1v) is 12.6. The molecular weight excluding hydrogens is 472 g/mol. The zero-order chi connectivity index (χ0) is 26.6. The molecule has 2 atom stereocenters. The van der Waals surface area contributed by atoms with E-state index in [1.54, 1.807) is 30.6 Å². The molecule has 0 radical (unpaired) electrons. The minimum Gasteiger partial charge on any atom is -0.497 e. The fraction of sp³-hybridized carbons (Fsp3) is 0.429. The summed E-state index contributed by atoms with van der Waals surface area (Å²) in [6.45, 7) is 2.34. The third kappa shape index (κ3) is 8.06. The van der Waals surface area contributed by atoms with Gasteiger partial charge in [0.1, 0.15) is 23.8 Å². The minimum absolute atomic E-state index is 0.128. The van der Waals surface area contributed by atoms with Gasteiger partial charge in [-0.05, 0) is 37.8 Å². The van der Waals surface area contributed by atoms with Crippen LogP contribution < -0.4 is 20.5 Å². The quantitative estimate of drug-likeness (QED) is 0.252. The zero-order valence-electron chi connectivity index (χ0n) is 21.5. The standard InChI is InChI=1S/C28H36N4O5/c1-20(34)15-25(29)27(31-22-16-23(36-2)18-24(17-22)37-14-7-6-13-33)28(35)32-12-5-3-4-10-26(32)21-9-8-11-30-19-21/h8-9,11,13,15-19,26-27,31H,3-7,10,12,14,29H2,1-2H3. The highest BCUT2D eigenvalue weighted by molar-refractivity contribution is 5.93.